The van der Waals surface area contributed by atoms with E-state index in [1.54, 1.807) is 0 Å². The summed E-state index contributed by atoms with van der Waals surface area (Å²) in [6.45, 7) is 2.39. The minimum Gasteiger partial charge on any atom is -0.476 e. The fraction of sp³-hybridized carbons (Fsp3) is 0.188. The Hall–Kier alpha value is -2.89. The monoisotopic (exact) mass is 295 g/mol. The number of nitrogens with zero attached hydrogens (tertiary/aromatic N) is 3. The molecular weight excluding hydrogens is 278 g/mol. The smallest absolute Gasteiger partial charge is 0.245 e. The molecule has 1 aromatic carbocycles. The van der Waals surface area contributed by atoms with Gasteiger partial charge in [-0.3, -0.25) is 0 Å². The molecule has 2 heterocycles. The highest BCUT2D eigenvalue weighted by Gasteiger charge is 2.10. The van der Waals surface area contributed by atoms with E-state index in [9.17, 15) is 0 Å². The molecule has 0 aliphatic heterocycles. The Bertz CT molecular complexity index is 801. The molecule has 2 aromatic heterocycles. The van der Waals surface area contributed by atoms with E-state index < -0.39 is 0 Å². The molecule has 112 valence electrons. The fourth-order valence-electron chi connectivity index (χ4n) is 2.21. The molecule has 3 aromatic rings. The number of rotatable bonds is 4. The number of fused-ring (bicyclic) bond motifs is 1. The number of pyridine rings is 1. The molecule has 22 heavy (non-hydrogen) atoms. The van der Waals surface area contributed by atoms with Gasteiger partial charge in [-0.15, -0.1) is 0 Å². The van der Waals surface area contributed by atoms with E-state index >= 15 is 0 Å². The predicted octanol–water partition coefficient (Wildman–Crippen LogP) is 2.71. The van der Waals surface area contributed by atoms with E-state index in [0.717, 1.165) is 16.9 Å². The maximum Gasteiger partial charge on any atom is 0.245 e. The lowest BCUT2D eigenvalue weighted by atomic mass is 10.1. The second-order valence-electron chi connectivity index (χ2n) is 4.71. The first-order chi connectivity index (χ1) is 10.7. The molecule has 0 aliphatic rings. The van der Waals surface area contributed by atoms with Crippen LogP contribution in [0.2, 0.25) is 0 Å². The zero-order valence-electron chi connectivity index (χ0n) is 12.5. The van der Waals surface area contributed by atoms with E-state index in [-0.39, 0.29) is 5.95 Å². The maximum atomic E-state index is 5.70. The van der Waals surface area contributed by atoms with Crippen LogP contribution in [0.1, 0.15) is 6.92 Å². The lowest BCUT2D eigenvalue weighted by molar-refractivity contribution is 0.330. The number of aromatic nitrogens is 3. The number of hydrogen-bond donors (Lipinski definition) is 2. The van der Waals surface area contributed by atoms with Crippen molar-refractivity contribution in [2.24, 2.45) is 0 Å². The summed E-state index contributed by atoms with van der Waals surface area (Å²) in [4.78, 5) is 13.0. The van der Waals surface area contributed by atoms with Gasteiger partial charge in [0.1, 0.15) is 0 Å². The van der Waals surface area contributed by atoms with Crippen LogP contribution in [0.4, 0.5) is 11.6 Å². The van der Waals surface area contributed by atoms with Crippen LogP contribution in [0.15, 0.2) is 36.4 Å². The van der Waals surface area contributed by atoms with Gasteiger partial charge in [-0.1, -0.05) is 12.1 Å². The minimum atomic E-state index is 0.184. The van der Waals surface area contributed by atoms with Crippen molar-refractivity contribution in [3.63, 3.8) is 0 Å². The number of ether oxygens (including phenoxy) is 1. The van der Waals surface area contributed by atoms with Gasteiger partial charge in [0.25, 0.3) is 0 Å². The maximum absolute atomic E-state index is 5.70. The van der Waals surface area contributed by atoms with E-state index in [4.69, 9.17) is 10.5 Å². The summed E-state index contributed by atoms with van der Waals surface area (Å²) in [6.07, 6.45) is 0. The van der Waals surface area contributed by atoms with Crippen molar-refractivity contribution < 1.29 is 4.74 Å². The SMILES string of the molecule is CCOc1nc(N)nc2ccc(-c3ccc(NC)cc3)nc12. The van der Waals surface area contributed by atoms with Gasteiger partial charge in [-0.05, 0) is 31.2 Å². The highest BCUT2D eigenvalue weighted by molar-refractivity contribution is 5.83. The molecule has 6 heteroatoms. The largest absolute Gasteiger partial charge is 0.476 e. The molecule has 3 N–H and O–H groups in total. The average molecular weight is 295 g/mol. The molecule has 6 nitrogen and oxygen atoms in total. The second kappa shape index (κ2) is 5.85. The van der Waals surface area contributed by atoms with Crippen LogP contribution < -0.4 is 15.8 Å². The van der Waals surface area contributed by atoms with Gasteiger partial charge in [0.15, 0.2) is 5.52 Å². The topological polar surface area (TPSA) is 86.0 Å². The third-order valence-electron chi connectivity index (χ3n) is 3.28. The summed E-state index contributed by atoms with van der Waals surface area (Å²) < 4.78 is 5.52. The summed E-state index contributed by atoms with van der Waals surface area (Å²) in [5.41, 5.74) is 9.89. The predicted molar refractivity (Wildman–Crippen MR) is 87.9 cm³/mol. The van der Waals surface area contributed by atoms with Crippen LogP contribution in [0.25, 0.3) is 22.3 Å². The molecule has 0 fully saturated rings. The zero-order valence-corrected chi connectivity index (χ0v) is 12.5. The fourth-order valence-corrected chi connectivity index (χ4v) is 2.21. The first kappa shape index (κ1) is 14.1. The Morgan fingerprint density at radius 1 is 1.05 bits per heavy atom. The van der Waals surface area contributed by atoms with Crippen molar-refractivity contribution in [2.45, 2.75) is 6.92 Å². The zero-order chi connectivity index (χ0) is 15.5. The highest BCUT2D eigenvalue weighted by Crippen LogP contribution is 2.26. The van der Waals surface area contributed by atoms with Gasteiger partial charge < -0.3 is 15.8 Å². The number of nitrogen functional groups attached to an aromatic ring is 1. The summed E-state index contributed by atoms with van der Waals surface area (Å²) in [5.74, 6) is 0.600. The third kappa shape index (κ3) is 2.63. The van der Waals surface area contributed by atoms with Crippen LogP contribution in [0.5, 0.6) is 5.88 Å². The van der Waals surface area contributed by atoms with Crippen LogP contribution in [-0.2, 0) is 0 Å². The Morgan fingerprint density at radius 2 is 1.82 bits per heavy atom. The Balaban J connectivity index is 2.11. The molecule has 0 atom stereocenters. The van der Waals surface area contributed by atoms with Gasteiger partial charge >= 0.3 is 0 Å². The first-order valence-corrected chi connectivity index (χ1v) is 7.06. The molecule has 3 rings (SSSR count). The quantitative estimate of drug-likeness (QED) is 0.769. The first-order valence-electron chi connectivity index (χ1n) is 7.06. The van der Waals surface area contributed by atoms with Gasteiger partial charge in [-0.2, -0.15) is 4.98 Å². The van der Waals surface area contributed by atoms with Crippen LogP contribution in [-0.4, -0.2) is 28.6 Å². The van der Waals surface area contributed by atoms with Crippen LogP contribution in [0, 0.1) is 0 Å². The van der Waals surface area contributed by atoms with Crippen molar-refractivity contribution in [1.82, 2.24) is 15.0 Å². The Kier molecular flexibility index (Phi) is 3.74. The number of nitrogens with one attached hydrogen (secondary N) is 1. The molecule has 0 unspecified atom stereocenters. The van der Waals surface area contributed by atoms with Crippen molar-refractivity contribution in [2.75, 3.05) is 24.7 Å². The summed E-state index contributed by atoms with van der Waals surface area (Å²) in [7, 11) is 1.89. The van der Waals surface area contributed by atoms with E-state index in [1.165, 1.54) is 0 Å². The number of nitrogens with two attached hydrogens (primary N) is 1. The molecule has 0 spiro atoms. The van der Waals surface area contributed by atoms with E-state index in [1.807, 2.05) is 50.4 Å². The van der Waals surface area contributed by atoms with Gasteiger partial charge in [0.2, 0.25) is 11.8 Å². The standard InChI is InChI=1S/C16H17N5O/c1-3-22-15-14-13(20-16(17)21-15)9-8-12(19-14)10-4-6-11(18-2)7-5-10/h4-9,18H,3H2,1-2H3,(H2,17,20,21). The second-order valence-corrected chi connectivity index (χ2v) is 4.71. The van der Waals surface area contributed by atoms with Crippen LogP contribution >= 0.6 is 0 Å². The van der Waals surface area contributed by atoms with Crippen molar-refractivity contribution in [3.8, 4) is 17.1 Å². The van der Waals surface area contributed by atoms with E-state index in [0.29, 0.717) is 23.5 Å². The van der Waals surface area contributed by atoms with E-state index in [2.05, 4.69) is 20.3 Å². The summed E-state index contributed by atoms with van der Waals surface area (Å²) in [5, 5.41) is 3.09. The number of anilines is 2. The molecule has 0 amide bonds. The lowest BCUT2D eigenvalue weighted by Crippen LogP contribution is -2.02. The van der Waals surface area contributed by atoms with Crippen molar-refractivity contribution in [3.05, 3.63) is 36.4 Å². The van der Waals surface area contributed by atoms with Crippen LogP contribution in [0.3, 0.4) is 0 Å². The molecule has 0 saturated heterocycles. The normalized spacial score (nSPS) is 10.6. The third-order valence-corrected chi connectivity index (χ3v) is 3.28. The summed E-state index contributed by atoms with van der Waals surface area (Å²) >= 11 is 0. The minimum absolute atomic E-state index is 0.184. The average Bonchev–Trinajstić information content (AvgIpc) is 2.55. The summed E-state index contributed by atoms with van der Waals surface area (Å²) in [6, 6.07) is 11.8. The molecule has 0 aliphatic carbocycles. The van der Waals surface area contributed by atoms with Crippen molar-refractivity contribution in [1.29, 1.82) is 0 Å². The lowest BCUT2D eigenvalue weighted by Gasteiger charge is -2.08. The number of benzene rings is 1. The van der Waals surface area contributed by atoms with Gasteiger partial charge in [0, 0.05) is 18.3 Å². The highest BCUT2D eigenvalue weighted by atomic mass is 16.5. The molecule has 0 saturated carbocycles. The molecule has 0 radical (unpaired) electrons. The van der Waals surface area contributed by atoms with Gasteiger partial charge in [-0.25, -0.2) is 9.97 Å². The Morgan fingerprint density at radius 3 is 2.50 bits per heavy atom. The molecular formula is C16H17N5O. The van der Waals surface area contributed by atoms with Crippen molar-refractivity contribution >= 4 is 22.7 Å². The Labute approximate surface area is 128 Å². The molecule has 0 bridgehead atoms. The number of hydrogen-bond acceptors (Lipinski definition) is 6. The van der Waals surface area contributed by atoms with Gasteiger partial charge in [0.05, 0.1) is 17.8 Å².